The number of ether oxygens (including phenoxy) is 3. The van der Waals surface area contributed by atoms with Gasteiger partial charge in [-0.2, -0.15) is 0 Å². The van der Waals surface area contributed by atoms with Crippen molar-refractivity contribution in [1.29, 1.82) is 0 Å². The minimum atomic E-state index is -0.110. The van der Waals surface area contributed by atoms with Gasteiger partial charge in [-0.05, 0) is 55.3 Å². The van der Waals surface area contributed by atoms with Crippen molar-refractivity contribution >= 4 is 23.2 Å². The predicted octanol–water partition coefficient (Wildman–Crippen LogP) is 4.02. The Morgan fingerprint density at radius 2 is 1.90 bits per heavy atom. The molecule has 0 unspecified atom stereocenters. The third-order valence-electron chi connectivity index (χ3n) is 4.80. The summed E-state index contributed by atoms with van der Waals surface area (Å²) in [4.78, 5) is 26.1. The molecule has 2 aromatic rings. The first kappa shape index (κ1) is 21.5. The molecule has 0 saturated carbocycles. The zero-order valence-corrected chi connectivity index (χ0v) is 17.5. The Morgan fingerprint density at radius 1 is 1.13 bits per heavy atom. The third-order valence-corrected chi connectivity index (χ3v) is 4.80. The minimum absolute atomic E-state index is 0.00848. The molecule has 0 atom stereocenters. The average molecular weight is 412 g/mol. The maximum atomic E-state index is 12.4. The highest BCUT2D eigenvalue weighted by atomic mass is 16.5. The molecule has 1 heterocycles. The molecular formula is C23H28N2O5. The van der Waals surface area contributed by atoms with E-state index in [9.17, 15) is 9.59 Å². The van der Waals surface area contributed by atoms with Crippen LogP contribution < -0.4 is 24.4 Å². The number of anilines is 2. The Labute approximate surface area is 176 Å². The highest BCUT2D eigenvalue weighted by Crippen LogP contribution is 2.34. The topological polar surface area (TPSA) is 77.1 Å². The van der Waals surface area contributed by atoms with Gasteiger partial charge >= 0.3 is 0 Å². The van der Waals surface area contributed by atoms with E-state index in [1.807, 2.05) is 31.2 Å². The summed E-state index contributed by atoms with van der Waals surface area (Å²) in [6.07, 6.45) is 2.95. The lowest BCUT2D eigenvalue weighted by Crippen LogP contribution is -2.39. The third kappa shape index (κ3) is 5.65. The van der Waals surface area contributed by atoms with Crippen molar-refractivity contribution in [3.63, 3.8) is 0 Å². The van der Waals surface area contributed by atoms with Crippen LogP contribution in [0.1, 0.15) is 32.6 Å². The number of amides is 2. The fraction of sp³-hybridized carbons (Fsp3) is 0.391. The second kappa shape index (κ2) is 10.5. The van der Waals surface area contributed by atoms with Gasteiger partial charge in [-0.25, -0.2) is 0 Å². The normalized spacial score (nSPS) is 12.7. The number of nitrogens with one attached hydrogen (secondary N) is 1. The molecule has 0 aromatic heterocycles. The fourth-order valence-corrected chi connectivity index (χ4v) is 3.17. The molecule has 2 amide bonds. The molecule has 3 rings (SSSR count). The molecule has 0 fully saturated rings. The van der Waals surface area contributed by atoms with Gasteiger partial charge in [-0.3, -0.25) is 9.59 Å². The second-order valence-corrected chi connectivity index (χ2v) is 7.05. The molecule has 160 valence electrons. The van der Waals surface area contributed by atoms with Gasteiger partial charge in [0.15, 0.2) is 6.61 Å². The number of carbonyl (C=O) groups is 2. The van der Waals surface area contributed by atoms with Crippen LogP contribution in [0.25, 0.3) is 0 Å². The molecule has 0 spiro atoms. The standard InChI is InChI=1S/C23H28N2O5/c1-3-4-6-22(26)24-17-7-12-21-20(15-17)25(23(27)16-30-21)13-5-14-29-19-10-8-18(28-2)9-11-19/h7-12,15H,3-6,13-14,16H2,1-2H3,(H,24,26). The van der Waals surface area contributed by atoms with Crippen LogP contribution in [0.2, 0.25) is 0 Å². The largest absolute Gasteiger partial charge is 0.497 e. The number of rotatable bonds is 10. The van der Waals surface area contributed by atoms with Crippen molar-refractivity contribution in [3.05, 3.63) is 42.5 Å². The molecule has 30 heavy (non-hydrogen) atoms. The van der Waals surface area contributed by atoms with Gasteiger partial charge in [0.2, 0.25) is 5.91 Å². The highest BCUT2D eigenvalue weighted by Gasteiger charge is 2.25. The van der Waals surface area contributed by atoms with Crippen molar-refractivity contribution in [2.24, 2.45) is 0 Å². The Hall–Kier alpha value is -3.22. The van der Waals surface area contributed by atoms with Crippen LogP contribution in [0.15, 0.2) is 42.5 Å². The number of hydrogen-bond acceptors (Lipinski definition) is 5. The van der Waals surface area contributed by atoms with E-state index in [1.54, 1.807) is 30.2 Å². The van der Waals surface area contributed by atoms with Crippen molar-refractivity contribution in [2.45, 2.75) is 32.6 Å². The quantitative estimate of drug-likeness (QED) is 0.597. The van der Waals surface area contributed by atoms with Crippen LogP contribution in [-0.2, 0) is 9.59 Å². The number of benzene rings is 2. The molecule has 2 aromatic carbocycles. The Kier molecular flexibility index (Phi) is 7.54. The first-order chi connectivity index (χ1) is 14.6. The van der Waals surface area contributed by atoms with Crippen LogP contribution in [-0.4, -0.2) is 38.7 Å². The minimum Gasteiger partial charge on any atom is -0.497 e. The molecular weight excluding hydrogens is 384 g/mol. The SMILES string of the molecule is CCCCC(=O)Nc1ccc2c(c1)N(CCCOc1ccc(OC)cc1)C(=O)CO2. The monoisotopic (exact) mass is 412 g/mol. The van der Waals surface area contributed by atoms with Gasteiger partial charge in [0.05, 0.1) is 19.4 Å². The lowest BCUT2D eigenvalue weighted by Gasteiger charge is -2.30. The van der Waals surface area contributed by atoms with Crippen molar-refractivity contribution in [2.75, 3.05) is 37.1 Å². The number of unbranched alkanes of at least 4 members (excludes halogenated alkanes) is 1. The first-order valence-corrected chi connectivity index (χ1v) is 10.2. The van der Waals surface area contributed by atoms with Crippen LogP contribution in [0.5, 0.6) is 17.2 Å². The molecule has 0 aliphatic carbocycles. The molecule has 1 aliphatic rings. The summed E-state index contributed by atoms with van der Waals surface area (Å²) in [5.41, 5.74) is 1.33. The van der Waals surface area contributed by atoms with E-state index >= 15 is 0 Å². The predicted molar refractivity (Wildman–Crippen MR) is 116 cm³/mol. The fourth-order valence-electron chi connectivity index (χ4n) is 3.17. The van der Waals surface area contributed by atoms with Crippen molar-refractivity contribution in [1.82, 2.24) is 0 Å². The van der Waals surface area contributed by atoms with E-state index < -0.39 is 0 Å². The van der Waals surface area contributed by atoms with E-state index in [0.717, 1.165) is 24.3 Å². The second-order valence-electron chi connectivity index (χ2n) is 7.05. The molecule has 1 N–H and O–H groups in total. The Balaban J connectivity index is 1.59. The van der Waals surface area contributed by atoms with Crippen LogP contribution in [0.3, 0.4) is 0 Å². The van der Waals surface area contributed by atoms with Gasteiger partial charge in [0, 0.05) is 18.7 Å². The molecule has 1 aliphatic heterocycles. The zero-order chi connectivity index (χ0) is 21.3. The molecule has 7 heteroatoms. The summed E-state index contributed by atoms with van der Waals surface area (Å²) < 4.78 is 16.4. The Bertz CT molecular complexity index is 866. The summed E-state index contributed by atoms with van der Waals surface area (Å²) in [6.45, 7) is 3.03. The van der Waals surface area contributed by atoms with Crippen molar-refractivity contribution in [3.8, 4) is 17.2 Å². The van der Waals surface area contributed by atoms with E-state index in [0.29, 0.717) is 43.1 Å². The molecule has 0 bridgehead atoms. The summed E-state index contributed by atoms with van der Waals surface area (Å²) in [5, 5.41) is 2.89. The number of nitrogens with zero attached hydrogens (tertiary/aromatic N) is 1. The summed E-state index contributed by atoms with van der Waals surface area (Å²) >= 11 is 0. The Morgan fingerprint density at radius 3 is 2.63 bits per heavy atom. The zero-order valence-electron chi connectivity index (χ0n) is 17.5. The van der Waals surface area contributed by atoms with E-state index in [4.69, 9.17) is 14.2 Å². The van der Waals surface area contributed by atoms with Crippen LogP contribution >= 0.6 is 0 Å². The number of carbonyl (C=O) groups excluding carboxylic acids is 2. The maximum absolute atomic E-state index is 12.4. The van der Waals surface area contributed by atoms with Gasteiger partial charge in [-0.1, -0.05) is 13.3 Å². The van der Waals surface area contributed by atoms with Crippen molar-refractivity contribution < 1.29 is 23.8 Å². The van der Waals surface area contributed by atoms with Crippen LogP contribution in [0, 0.1) is 0 Å². The average Bonchev–Trinajstić information content (AvgIpc) is 2.77. The number of hydrogen-bond donors (Lipinski definition) is 1. The molecule has 0 radical (unpaired) electrons. The lowest BCUT2D eigenvalue weighted by molar-refractivity contribution is -0.121. The highest BCUT2D eigenvalue weighted by molar-refractivity contribution is 5.99. The summed E-state index contributed by atoms with van der Waals surface area (Å²) in [6, 6.07) is 12.8. The lowest BCUT2D eigenvalue weighted by atomic mass is 10.2. The van der Waals surface area contributed by atoms with E-state index in [1.165, 1.54) is 0 Å². The van der Waals surface area contributed by atoms with Gasteiger partial charge in [0.25, 0.3) is 5.91 Å². The summed E-state index contributed by atoms with van der Waals surface area (Å²) in [7, 11) is 1.62. The number of methoxy groups -OCH3 is 1. The van der Waals surface area contributed by atoms with E-state index in [2.05, 4.69) is 5.32 Å². The maximum Gasteiger partial charge on any atom is 0.265 e. The van der Waals surface area contributed by atoms with Gasteiger partial charge < -0.3 is 24.4 Å². The number of fused-ring (bicyclic) bond motifs is 1. The van der Waals surface area contributed by atoms with Gasteiger partial charge in [-0.15, -0.1) is 0 Å². The molecule has 7 nitrogen and oxygen atoms in total. The first-order valence-electron chi connectivity index (χ1n) is 10.2. The van der Waals surface area contributed by atoms with Crippen LogP contribution in [0.4, 0.5) is 11.4 Å². The van der Waals surface area contributed by atoms with Gasteiger partial charge in [0.1, 0.15) is 17.2 Å². The van der Waals surface area contributed by atoms with E-state index in [-0.39, 0.29) is 18.4 Å². The summed E-state index contributed by atoms with van der Waals surface area (Å²) in [5.74, 6) is 2.02. The smallest absolute Gasteiger partial charge is 0.265 e. The molecule has 0 saturated heterocycles.